The molecule has 0 radical (unpaired) electrons. The van der Waals surface area contributed by atoms with Crippen molar-refractivity contribution in [2.75, 3.05) is 13.2 Å². The summed E-state index contributed by atoms with van der Waals surface area (Å²) >= 11 is 0. The van der Waals surface area contributed by atoms with Crippen molar-refractivity contribution in [2.45, 2.75) is 24.4 Å². The lowest BCUT2D eigenvalue weighted by atomic mass is 10.0. The van der Waals surface area contributed by atoms with Crippen LogP contribution in [0.4, 0.5) is 0 Å². The molecular formula is C13H18O7. The van der Waals surface area contributed by atoms with Crippen molar-refractivity contribution in [2.24, 2.45) is 0 Å². The van der Waals surface area contributed by atoms with Crippen molar-refractivity contribution in [3.05, 3.63) is 35.9 Å². The lowest BCUT2D eigenvalue weighted by Crippen LogP contribution is -2.47. The zero-order valence-corrected chi connectivity index (χ0v) is 10.7. The van der Waals surface area contributed by atoms with E-state index in [9.17, 15) is 20.1 Å². The lowest BCUT2D eigenvalue weighted by molar-refractivity contribution is -0.124. The maximum absolute atomic E-state index is 11.6. The Morgan fingerprint density at radius 2 is 1.55 bits per heavy atom. The van der Waals surface area contributed by atoms with Crippen LogP contribution in [-0.2, 0) is 4.74 Å². The van der Waals surface area contributed by atoms with Gasteiger partial charge in [-0.1, -0.05) is 18.2 Å². The third kappa shape index (κ3) is 4.55. The van der Waals surface area contributed by atoms with Gasteiger partial charge in [-0.15, -0.1) is 0 Å². The van der Waals surface area contributed by atoms with Crippen molar-refractivity contribution < 1.29 is 35.1 Å². The monoisotopic (exact) mass is 286 g/mol. The Morgan fingerprint density at radius 1 is 1.00 bits per heavy atom. The first-order valence-corrected chi connectivity index (χ1v) is 6.02. The van der Waals surface area contributed by atoms with Crippen molar-refractivity contribution in [3.63, 3.8) is 0 Å². The van der Waals surface area contributed by atoms with Gasteiger partial charge in [0.15, 0.2) is 0 Å². The Morgan fingerprint density at radius 3 is 2.10 bits per heavy atom. The first kappa shape index (κ1) is 16.5. The van der Waals surface area contributed by atoms with E-state index in [1.807, 2.05) is 0 Å². The van der Waals surface area contributed by atoms with Crippen LogP contribution in [-0.4, -0.2) is 69.1 Å². The number of esters is 1. The molecule has 0 heterocycles. The third-order valence-corrected chi connectivity index (χ3v) is 2.72. The van der Waals surface area contributed by atoms with E-state index in [1.54, 1.807) is 18.2 Å². The van der Waals surface area contributed by atoms with Gasteiger partial charge in [-0.3, -0.25) is 0 Å². The molecule has 0 aliphatic carbocycles. The molecule has 0 aromatic heterocycles. The van der Waals surface area contributed by atoms with Crippen LogP contribution in [0.15, 0.2) is 30.3 Å². The minimum Gasteiger partial charge on any atom is -0.459 e. The highest BCUT2D eigenvalue weighted by atomic mass is 16.5. The maximum atomic E-state index is 11.6. The Kier molecular flexibility index (Phi) is 6.56. The predicted octanol–water partition coefficient (Wildman–Crippen LogP) is -1.72. The third-order valence-electron chi connectivity index (χ3n) is 2.72. The van der Waals surface area contributed by atoms with E-state index in [-0.39, 0.29) is 5.56 Å². The average Bonchev–Trinajstić information content (AvgIpc) is 2.50. The molecule has 1 aromatic carbocycles. The molecule has 0 fully saturated rings. The number of carbonyl (C=O) groups is 1. The fraction of sp³-hybridized carbons (Fsp3) is 0.462. The molecule has 5 N–H and O–H groups in total. The first-order chi connectivity index (χ1) is 9.47. The molecule has 7 nitrogen and oxygen atoms in total. The van der Waals surface area contributed by atoms with E-state index >= 15 is 0 Å². The number of hydrogen-bond donors (Lipinski definition) is 5. The SMILES string of the molecule is O=C(OC[C@@H](O)[C@H](O)[C@@H](O)[C@@H](O)CO)c1ccccc1. The fourth-order valence-electron chi connectivity index (χ4n) is 1.48. The number of benzene rings is 1. The van der Waals surface area contributed by atoms with Gasteiger partial charge in [0.05, 0.1) is 12.2 Å². The van der Waals surface area contributed by atoms with Crippen LogP contribution in [0.1, 0.15) is 10.4 Å². The molecule has 0 aliphatic heterocycles. The zero-order chi connectivity index (χ0) is 15.1. The highest BCUT2D eigenvalue weighted by Gasteiger charge is 2.30. The molecule has 112 valence electrons. The number of hydrogen-bond acceptors (Lipinski definition) is 7. The second-order valence-electron chi connectivity index (χ2n) is 4.26. The van der Waals surface area contributed by atoms with Gasteiger partial charge in [0, 0.05) is 0 Å². The Balaban J connectivity index is 2.47. The zero-order valence-electron chi connectivity index (χ0n) is 10.7. The Hall–Kier alpha value is -1.51. The summed E-state index contributed by atoms with van der Waals surface area (Å²) in [5, 5.41) is 46.2. The van der Waals surface area contributed by atoms with E-state index in [0.717, 1.165) is 0 Å². The van der Waals surface area contributed by atoms with Gasteiger partial charge >= 0.3 is 5.97 Å². The predicted molar refractivity (Wildman–Crippen MR) is 67.8 cm³/mol. The van der Waals surface area contributed by atoms with Gasteiger partial charge in [0.2, 0.25) is 0 Å². The summed E-state index contributed by atoms with van der Waals surface area (Å²) in [4.78, 5) is 11.6. The van der Waals surface area contributed by atoms with Gasteiger partial charge in [-0.2, -0.15) is 0 Å². The summed E-state index contributed by atoms with van der Waals surface area (Å²) in [6.45, 7) is -1.32. The summed E-state index contributed by atoms with van der Waals surface area (Å²) in [7, 11) is 0. The van der Waals surface area contributed by atoms with E-state index in [0.29, 0.717) is 0 Å². The van der Waals surface area contributed by atoms with Crippen LogP contribution >= 0.6 is 0 Å². The molecule has 0 saturated carbocycles. The number of aliphatic hydroxyl groups excluding tert-OH is 5. The summed E-state index contributed by atoms with van der Waals surface area (Å²) in [5.41, 5.74) is 0.283. The van der Waals surface area contributed by atoms with Gasteiger partial charge < -0.3 is 30.3 Å². The Labute approximate surface area is 115 Å². The number of rotatable bonds is 7. The lowest BCUT2D eigenvalue weighted by Gasteiger charge is -2.25. The van der Waals surface area contributed by atoms with E-state index in [2.05, 4.69) is 0 Å². The summed E-state index contributed by atoms with van der Waals surface area (Å²) in [5.74, 6) is -0.686. The molecular weight excluding hydrogens is 268 g/mol. The molecule has 7 heteroatoms. The topological polar surface area (TPSA) is 127 Å². The fourth-order valence-corrected chi connectivity index (χ4v) is 1.48. The number of aliphatic hydroxyl groups is 5. The summed E-state index contributed by atoms with van der Waals surface area (Å²) < 4.78 is 4.77. The normalized spacial score (nSPS) is 17.1. The van der Waals surface area contributed by atoms with Crippen molar-refractivity contribution in [1.29, 1.82) is 0 Å². The van der Waals surface area contributed by atoms with Gasteiger partial charge in [-0.05, 0) is 12.1 Å². The molecule has 0 aliphatic rings. The minimum absolute atomic E-state index is 0.283. The molecule has 0 saturated heterocycles. The van der Waals surface area contributed by atoms with Crippen LogP contribution < -0.4 is 0 Å². The van der Waals surface area contributed by atoms with Gasteiger partial charge in [0.25, 0.3) is 0 Å². The largest absolute Gasteiger partial charge is 0.459 e. The molecule has 4 atom stereocenters. The molecule has 0 amide bonds. The average molecular weight is 286 g/mol. The standard InChI is InChI=1S/C13H18O7/c14-6-9(15)11(17)12(18)10(16)7-20-13(19)8-4-2-1-3-5-8/h1-5,9-12,14-18H,6-7H2/t9-,10+,11-,12-/m0/s1. The van der Waals surface area contributed by atoms with E-state index in [4.69, 9.17) is 14.9 Å². The molecule has 0 unspecified atom stereocenters. The molecule has 1 aromatic rings. The summed E-state index contributed by atoms with van der Waals surface area (Å²) in [6, 6.07) is 8.06. The van der Waals surface area contributed by atoms with Crippen molar-refractivity contribution in [1.82, 2.24) is 0 Å². The minimum atomic E-state index is -1.75. The highest BCUT2D eigenvalue weighted by molar-refractivity contribution is 5.89. The van der Waals surface area contributed by atoms with Crippen LogP contribution in [0.25, 0.3) is 0 Å². The number of carbonyl (C=O) groups excluding carboxylic acids is 1. The smallest absolute Gasteiger partial charge is 0.338 e. The highest BCUT2D eigenvalue weighted by Crippen LogP contribution is 2.07. The molecule has 1 rings (SSSR count). The molecule has 0 bridgehead atoms. The number of ether oxygens (including phenoxy) is 1. The second kappa shape index (κ2) is 7.93. The second-order valence-corrected chi connectivity index (χ2v) is 4.26. The quantitative estimate of drug-likeness (QED) is 0.377. The summed E-state index contributed by atoms with van der Waals surface area (Å²) in [6.07, 6.45) is -6.67. The van der Waals surface area contributed by atoms with Crippen LogP contribution in [0.2, 0.25) is 0 Å². The van der Waals surface area contributed by atoms with Crippen molar-refractivity contribution >= 4 is 5.97 Å². The van der Waals surface area contributed by atoms with E-state index < -0.39 is 43.6 Å². The molecule has 20 heavy (non-hydrogen) atoms. The van der Waals surface area contributed by atoms with E-state index in [1.165, 1.54) is 12.1 Å². The van der Waals surface area contributed by atoms with Crippen LogP contribution in [0.3, 0.4) is 0 Å². The van der Waals surface area contributed by atoms with Gasteiger partial charge in [0.1, 0.15) is 31.0 Å². The van der Waals surface area contributed by atoms with Gasteiger partial charge in [-0.25, -0.2) is 4.79 Å². The van der Waals surface area contributed by atoms with Crippen LogP contribution in [0.5, 0.6) is 0 Å². The van der Waals surface area contributed by atoms with Crippen molar-refractivity contribution in [3.8, 4) is 0 Å². The van der Waals surface area contributed by atoms with Crippen LogP contribution in [0, 0.1) is 0 Å². The maximum Gasteiger partial charge on any atom is 0.338 e. The Bertz CT molecular complexity index is 408. The first-order valence-electron chi connectivity index (χ1n) is 6.02. The molecule has 0 spiro atoms.